The summed E-state index contributed by atoms with van der Waals surface area (Å²) in [7, 11) is 0. The number of para-hydroxylation sites is 1. The number of aromatic nitrogens is 3. The minimum Gasteiger partial charge on any atom is -0.349 e. The molecular formula is C19H21N5. The largest absolute Gasteiger partial charge is 0.349 e. The van der Waals surface area contributed by atoms with Gasteiger partial charge in [-0.1, -0.05) is 55.5 Å². The van der Waals surface area contributed by atoms with Gasteiger partial charge >= 0.3 is 0 Å². The number of hydrogen-bond donors (Lipinski definition) is 2. The van der Waals surface area contributed by atoms with Crippen LogP contribution < -0.4 is 10.6 Å². The van der Waals surface area contributed by atoms with E-state index >= 15 is 0 Å². The lowest BCUT2D eigenvalue weighted by atomic mass is 10.1. The number of nitrogens with one attached hydrogen (secondary N) is 2. The Labute approximate surface area is 142 Å². The normalized spacial score (nSPS) is 10.4. The Morgan fingerprint density at radius 3 is 2.62 bits per heavy atom. The molecule has 0 spiro atoms. The van der Waals surface area contributed by atoms with Gasteiger partial charge in [-0.15, -0.1) is 5.10 Å². The summed E-state index contributed by atoms with van der Waals surface area (Å²) in [5, 5.41) is 14.7. The molecule has 5 heteroatoms. The SMILES string of the molecule is CCc1cccc(C)c1Nc1cnnc(NCc2ccccc2)n1. The number of nitrogens with zero attached hydrogens (tertiary/aromatic N) is 3. The molecule has 0 saturated carbocycles. The average molecular weight is 319 g/mol. The highest BCUT2D eigenvalue weighted by molar-refractivity contribution is 5.64. The molecule has 0 aliphatic rings. The summed E-state index contributed by atoms with van der Waals surface area (Å²) in [6.07, 6.45) is 2.60. The van der Waals surface area contributed by atoms with Gasteiger partial charge in [0.2, 0.25) is 5.95 Å². The average Bonchev–Trinajstić information content (AvgIpc) is 2.63. The minimum atomic E-state index is 0.510. The van der Waals surface area contributed by atoms with E-state index in [-0.39, 0.29) is 0 Å². The second-order valence-electron chi connectivity index (χ2n) is 5.59. The molecule has 1 aromatic heterocycles. The Morgan fingerprint density at radius 2 is 1.83 bits per heavy atom. The van der Waals surface area contributed by atoms with Crippen LogP contribution in [0.15, 0.2) is 54.7 Å². The van der Waals surface area contributed by atoms with Crippen molar-refractivity contribution >= 4 is 17.5 Å². The number of benzene rings is 2. The summed E-state index contributed by atoms with van der Waals surface area (Å²) >= 11 is 0. The van der Waals surface area contributed by atoms with Crippen LogP contribution in [0.25, 0.3) is 0 Å². The van der Waals surface area contributed by atoms with Crippen LogP contribution >= 0.6 is 0 Å². The van der Waals surface area contributed by atoms with E-state index in [1.165, 1.54) is 16.7 Å². The first-order valence-electron chi connectivity index (χ1n) is 8.09. The van der Waals surface area contributed by atoms with Crippen LogP contribution in [0.4, 0.5) is 17.5 Å². The molecule has 0 saturated heterocycles. The fourth-order valence-electron chi connectivity index (χ4n) is 2.55. The molecule has 0 aliphatic carbocycles. The Balaban J connectivity index is 1.74. The van der Waals surface area contributed by atoms with Gasteiger partial charge in [0, 0.05) is 12.2 Å². The van der Waals surface area contributed by atoms with Crippen LogP contribution in [0.5, 0.6) is 0 Å². The number of anilines is 3. The van der Waals surface area contributed by atoms with Crippen molar-refractivity contribution in [2.75, 3.05) is 10.6 Å². The van der Waals surface area contributed by atoms with Crippen LogP contribution in [0.3, 0.4) is 0 Å². The van der Waals surface area contributed by atoms with Crippen molar-refractivity contribution in [3.63, 3.8) is 0 Å². The van der Waals surface area contributed by atoms with Crippen molar-refractivity contribution in [2.45, 2.75) is 26.8 Å². The highest BCUT2D eigenvalue weighted by Crippen LogP contribution is 2.24. The van der Waals surface area contributed by atoms with E-state index in [0.717, 1.165) is 12.1 Å². The molecule has 0 aliphatic heterocycles. The first kappa shape index (κ1) is 15.9. The van der Waals surface area contributed by atoms with Gasteiger partial charge in [-0.2, -0.15) is 10.1 Å². The fourth-order valence-corrected chi connectivity index (χ4v) is 2.55. The molecule has 1 heterocycles. The fraction of sp³-hybridized carbons (Fsp3) is 0.211. The Bertz CT molecular complexity index is 802. The van der Waals surface area contributed by atoms with Crippen LogP contribution in [-0.4, -0.2) is 15.2 Å². The number of hydrogen-bond acceptors (Lipinski definition) is 5. The van der Waals surface area contributed by atoms with Gasteiger partial charge in [-0.25, -0.2) is 0 Å². The Morgan fingerprint density at radius 1 is 1.00 bits per heavy atom. The predicted octanol–water partition coefficient (Wildman–Crippen LogP) is 4.10. The number of aryl methyl sites for hydroxylation is 2. The molecule has 0 bridgehead atoms. The molecule has 0 radical (unpaired) electrons. The highest BCUT2D eigenvalue weighted by Gasteiger charge is 2.07. The highest BCUT2D eigenvalue weighted by atomic mass is 15.3. The summed E-state index contributed by atoms with van der Waals surface area (Å²) in [4.78, 5) is 4.50. The molecule has 24 heavy (non-hydrogen) atoms. The van der Waals surface area contributed by atoms with E-state index < -0.39 is 0 Å². The van der Waals surface area contributed by atoms with Crippen molar-refractivity contribution in [2.24, 2.45) is 0 Å². The van der Waals surface area contributed by atoms with Crippen molar-refractivity contribution in [1.29, 1.82) is 0 Å². The van der Waals surface area contributed by atoms with E-state index in [2.05, 4.69) is 70.0 Å². The Kier molecular flexibility index (Phi) is 5.01. The maximum absolute atomic E-state index is 4.50. The van der Waals surface area contributed by atoms with Crippen molar-refractivity contribution in [1.82, 2.24) is 15.2 Å². The van der Waals surface area contributed by atoms with E-state index in [4.69, 9.17) is 0 Å². The second kappa shape index (κ2) is 7.55. The van der Waals surface area contributed by atoms with Crippen LogP contribution in [-0.2, 0) is 13.0 Å². The van der Waals surface area contributed by atoms with Crippen molar-refractivity contribution < 1.29 is 0 Å². The predicted molar refractivity (Wildman–Crippen MR) is 97.4 cm³/mol. The van der Waals surface area contributed by atoms with Crippen LogP contribution in [0.2, 0.25) is 0 Å². The van der Waals surface area contributed by atoms with E-state index in [0.29, 0.717) is 18.3 Å². The van der Waals surface area contributed by atoms with Gasteiger partial charge in [-0.3, -0.25) is 0 Å². The van der Waals surface area contributed by atoms with Gasteiger partial charge in [0.1, 0.15) is 0 Å². The lowest BCUT2D eigenvalue weighted by Gasteiger charge is -2.13. The summed E-state index contributed by atoms with van der Waals surface area (Å²) in [6.45, 7) is 4.90. The molecule has 0 amide bonds. The van der Waals surface area contributed by atoms with E-state index in [1.54, 1.807) is 6.20 Å². The third kappa shape index (κ3) is 3.87. The topological polar surface area (TPSA) is 62.7 Å². The quantitative estimate of drug-likeness (QED) is 0.716. The monoisotopic (exact) mass is 319 g/mol. The first-order chi connectivity index (χ1) is 11.8. The molecule has 3 aromatic rings. The van der Waals surface area contributed by atoms with E-state index in [9.17, 15) is 0 Å². The first-order valence-corrected chi connectivity index (χ1v) is 8.09. The van der Waals surface area contributed by atoms with Gasteiger partial charge in [0.15, 0.2) is 5.82 Å². The molecule has 2 N–H and O–H groups in total. The molecule has 0 unspecified atom stereocenters. The zero-order valence-electron chi connectivity index (χ0n) is 14.0. The maximum atomic E-state index is 4.50. The van der Waals surface area contributed by atoms with Gasteiger partial charge in [-0.05, 0) is 30.0 Å². The summed E-state index contributed by atoms with van der Waals surface area (Å²) in [5.74, 6) is 1.19. The van der Waals surface area contributed by atoms with Crippen LogP contribution in [0.1, 0.15) is 23.6 Å². The number of rotatable bonds is 6. The molecule has 5 nitrogen and oxygen atoms in total. The lowest BCUT2D eigenvalue weighted by Crippen LogP contribution is -2.07. The summed E-state index contributed by atoms with van der Waals surface area (Å²) in [5.41, 5.74) is 4.71. The van der Waals surface area contributed by atoms with E-state index in [1.807, 2.05) is 18.2 Å². The maximum Gasteiger partial charge on any atom is 0.244 e. The minimum absolute atomic E-state index is 0.510. The summed E-state index contributed by atoms with van der Waals surface area (Å²) < 4.78 is 0. The molecule has 0 atom stereocenters. The Hall–Kier alpha value is -2.95. The van der Waals surface area contributed by atoms with Crippen LogP contribution in [0, 0.1) is 6.92 Å². The smallest absolute Gasteiger partial charge is 0.244 e. The van der Waals surface area contributed by atoms with Gasteiger partial charge in [0.25, 0.3) is 0 Å². The third-order valence-electron chi connectivity index (χ3n) is 3.85. The van der Waals surface area contributed by atoms with Gasteiger partial charge < -0.3 is 10.6 Å². The molecule has 0 fully saturated rings. The molecule has 122 valence electrons. The zero-order valence-corrected chi connectivity index (χ0v) is 14.0. The van der Waals surface area contributed by atoms with Crippen molar-refractivity contribution in [3.8, 4) is 0 Å². The molecule has 2 aromatic carbocycles. The van der Waals surface area contributed by atoms with Crippen molar-refractivity contribution in [3.05, 3.63) is 71.4 Å². The second-order valence-corrected chi connectivity index (χ2v) is 5.59. The summed E-state index contributed by atoms with van der Waals surface area (Å²) in [6, 6.07) is 16.4. The lowest BCUT2D eigenvalue weighted by molar-refractivity contribution is 0.948. The standard InChI is InChI=1S/C19H21N5/c1-3-16-11-7-8-14(2)18(16)22-17-13-21-24-19(23-17)20-12-15-9-5-4-6-10-15/h4-11,13H,3,12H2,1-2H3,(H2,20,22,23,24). The molecule has 3 rings (SSSR count). The van der Waals surface area contributed by atoms with Gasteiger partial charge in [0.05, 0.1) is 6.20 Å². The molecular weight excluding hydrogens is 298 g/mol. The third-order valence-corrected chi connectivity index (χ3v) is 3.85. The zero-order chi connectivity index (χ0) is 16.8.